The fourth-order valence-electron chi connectivity index (χ4n) is 2.42. The molecule has 0 saturated carbocycles. The van der Waals surface area contributed by atoms with Gasteiger partial charge in [-0.25, -0.2) is 4.39 Å². The van der Waals surface area contributed by atoms with Crippen LogP contribution in [0, 0.1) is 6.92 Å². The Kier molecular flexibility index (Phi) is 3.28. The smallest absolute Gasteiger partial charge is 0.117 e. The van der Waals surface area contributed by atoms with Crippen molar-refractivity contribution in [3.8, 4) is 0 Å². The van der Waals surface area contributed by atoms with Gasteiger partial charge in [-0.2, -0.15) is 5.10 Å². The van der Waals surface area contributed by atoms with Gasteiger partial charge in [0.2, 0.25) is 0 Å². The minimum atomic E-state index is -1.05. The molecule has 16 heavy (non-hydrogen) atoms. The van der Waals surface area contributed by atoms with Gasteiger partial charge in [-0.05, 0) is 45.3 Å². The molecule has 1 aliphatic heterocycles. The summed E-state index contributed by atoms with van der Waals surface area (Å²) in [7, 11) is 1.89. The molecule has 0 bridgehead atoms. The molecule has 0 amide bonds. The topological polar surface area (TPSA) is 29.9 Å². The highest BCUT2D eigenvalue weighted by atomic mass is 19.1. The number of hydrogen-bond donors (Lipinski definition) is 1. The van der Waals surface area contributed by atoms with Crippen LogP contribution in [0.2, 0.25) is 0 Å². The lowest BCUT2D eigenvalue weighted by atomic mass is 9.91. The lowest BCUT2D eigenvalue weighted by molar-refractivity contribution is 0.141. The van der Waals surface area contributed by atoms with E-state index >= 15 is 0 Å². The number of nitrogens with one attached hydrogen (secondary N) is 1. The first-order valence-corrected chi connectivity index (χ1v) is 5.98. The molecule has 1 fully saturated rings. The summed E-state index contributed by atoms with van der Waals surface area (Å²) in [6.07, 6.45) is 2.68. The number of halogens is 1. The van der Waals surface area contributed by atoms with E-state index in [1.807, 2.05) is 20.0 Å². The second-order valence-corrected chi connectivity index (χ2v) is 4.83. The summed E-state index contributed by atoms with van der Waals surface area (Å²) in [4.78, 5) is 0. The second kappa shape index (κ2) is 4.53. The predicted octanol–water partition coefficient (Wildman–Crippen LogP) is 1.75. The standard InChI is InChI=1S/C12H20FN3/c1-10-8-11(16(2)15-10)9-12(13)4-3-6-14-7-5-12/h8,14H,3-7,9H2,1-2H3. The van der Waals surface area contributed by atoms with Crippen LogP contribution in [0.1, 0.15) is 30.7 Å². The summed E-state index contributed by atoms with van der Waals surface area (Å²) < 4.78 is 16.4. The highest BCUT2D eigenvalue weighted by Crippen LogP contribution is 2.28. The van der Waals surface area contributed by atoms with Crippen LogP contribution in [0.4, 0.5) is 4.39 Å². The number of alkyl halides is 1. The average molecular weight is 225 g/mol. The zero-order valence-corrected chi connectivity index (χ0v) is 10.1. The maximum Gasteiger partial charge on any atom is 0.117 e. The Morgan fingerprint density at radius 1 is 1.50 bits per heavy atom. The van der Waals surface area contributed by atoms with E-state index in [0.29, 0.717) is 19.3 Å². The fraction of sp³-hybridized carbons (Fsp3) is 0.750. The first kappa shape index (κ1) is 11.6. The third-order valence-electron chi connectivity index (χ3n) is 3.33. The number of nitrogens with zero attached hydrogens (tertiary/aromatic N) is 2. The largest absolute Gasteiger partial charge is 0.317 e. The van der Waals surface area contributed by atoms with Crippen LogP contribution in [0.3, 0.4) is 0 Å². The first-order valence-electron chi connectivity index (χ1n) is 5.98. The molecule has 90 valence electrons. The van der Waals surface area contributed by atoms with Crippen molar-refractivity contribution in [2.45, 2.75) is 38.3 Å². The van der Waals surface area contributed by atoms with E-state index in [1.165, 1.54) is 0 Å². The normalized spacial score (nSPS) is 26.7. The molecule has 1 aliphatic rings. The Balaban J connectivity index is 2.09. The van der Waals surface area contributed by atoms with Gasteiger partial charge in [-0.3, -0.25) is 4.68 Å². The van der Waals surface area contributed by atoms with Crippen molar-refractivity contribution >= 4 is 0 Å². The molecule has 3 nitrogen and oxygen atoms in total. The van der Waals surface area contributed by atoms with Gasteiger partial charge in [0, 0.05) is 19.2 Å². The summed E-state index contributed by atoms with van der Waals surface area (Å²) in [5, 5.41) is 7.51. The van der Waals surface area contributed by atoms with Crippen molar-refractivity contribution in [3.05, 3.63) is 17.5 Å². The van der Waals surface area contributed by atoms with Gasteiger partial charge in [0.15, 0.2) is 0 Å². The van der Waals surface area contributed by atoms with E-state index in [-0.39, 0.29) is 0 Å². The number of hydrogen-bond acceptors (Lipinski definition) is 2. The minimum absolute atomic E-state index is 0.492. The van der Waals surface area contributed by atoms with Crippen LogP contribution in [0.5, 0.6) is 0 Å². The average Bonchev–Trinajstić information content (AvgIpc) is 2.41. The summed E-state index contributed by atoms with van der Waals surface area (Å²) in [5.41, 5.74) is 0.916. The molecule has 4 heteroatoms. The van der Waals surface area contributed by atoms with Crippen molar-refractivity contribution in [2.75, 3.05) is 13.1 Å². The van der Waals surface area contributed by atoms with Crippen molar-refractivity contribution in [1.29, 1.82) is 0 Å². The van der Waals surface area contributed by atoms with E-state index in [0.717, 1.165) is 30.9 Å². The van der Waals surface area contributed by atoms with Crippen LogP contribution in [-0.2, 0) is 13.5 Å². The quantitative estimate of drug-likeness (QED) is 0.831. The Bertz CT molecular complexity index is 351. The molecule has 1 aromatic heterocycles. The molecule has 1 saturated heterocycles. The molecule has 1 N–H and O–H groups in total. The number of aryl methyl sites for hydroxylation is 2. The van der Waals surface area contributed by atoms with Gasteiger partial charge in [-0.15, -0.1) is 0 Å². The molecule has 1 atom stereocenters. The number of aromatic nitrogens is 2. The monoisotopic (exact) mass is 225 g/mol. The summed E-state index contributed by atoms with van der Waals surface area (Å²) in [5.74, 6) is 0. The van der Waals surface area contributed by atoms with Gasteiger partial charge < -0.3 is 5.32 Å². The summed E-state index contributed by atoms with van der Waals surface area (Å²) in [6.45, 7) is 3.67. The van der Waals surface area contributed by atoms with Crippen molar-refractivity contribution in [3.63, 3.8) is 0 Å². The maximum absolute atomic E-state index is 14.6. The van der Waals surface area contributed by atoms with Gasteiger partial charge in [0.25, 0.3) is 0 Å². The zero-order chi connectivity index (χ0) is 11.6. The van der Waals surface area contributed by atoms with Crippen LogP contribution in [-0.4, -0.2) is 28.5 Å². The first-order chi connectivity index (χ1) is 7.59. The Hall–Kier alpha value is -0.900. The highest BCUT2D eigenvalue weighted by molar-refractivity contribution is 5.11. The van der Waals surface area contributed by atoms with Gasteiger partial charge >= 0.3 is 0 Å². The molecule has 2 heterocycles. The van der Waals surface area contributed by atoms with Gasteiger partial charge in [0.05, 0.1) is 5.69 Å². The van der Waals surface area contributed by atoms with E-state index in [9.17, 15) is 4.39 Å². The molecule has 0 radical (unpaired) electrons. The molecular weight excluding hydrogens is 205 g/mol. The lowest BCUT2D eigenvalue weighted by Crippen LogP contribution is -2.28. The molecule has 2 rings (SSSR count). The van der Waals surface area contributed by atoms with Gasteiger partial charge in [-0.1, -0.05) is 0 Å². The SMILES string of the molecule is Cc1cc(CC2(F)CCCNCC2)n(C)n1. The van der Waals surface area contributed by atoms with Crippen molar-refractivity contribution < 1.29 is 4.39 Å². The predicted molar refractivity (Wildman–Crippen MR) is 62.2 cm³/mol. The third-order valence-corrected chi connectivity index (χ3v) is 3.33. The summed E-state index contributed by atoms with van der Waals surface area (Å²) >= 11 is 0. The molecular formula is C12H20FN3. The molecule has 1 aromatic rings. The van der Waals surface area contributed by atoms with E-state index in [1.54, 1.807) is 4.68 Å². The Labute approximate surface area is 96.0 Å². The second-order valence-electron chi connectivity index (χ2n) is 4.83. The molecule has 0 aromatic carbocycles. The lowest BCUT2D eigenvalue weighted by Gasteiger charge is -2.23. The van der Waals surface area contributed by atoms with E-state index < -0.39 is 5.67 Å². The fourth-order valence-corrected chi connectivity index (χ4v) is 2.42. The van der Waals surface area contributed by atoms with Crippen LogP contribution in [0.25, 0.3) is 0 Å². The van der Waals surface area contributed by atoms with Crippen molar-refractivity contribution in [1.82, 2.24) is 15.1 Å². The van der Waals surface area contributed by atoms with E-state index in [4.69, 9.17) is 0 Å². The highest BCUT2D eigenvalue weighted by Gasteiger charge is 2.31. The van der Waals surface area contributed by atoms with E-state index in [2.05, 4.69) is 10.4 Å². The molecule has 0 spiro atoms. The third kappa shape index (κ3) is 2.61. The molecule has 1 unspecified atom stereocenters. The van der Waals surface area contributed by atoms with Crippen LogP contribution < -0.4 is 5.32 Å². The molecule has 0 aliphatic carbocycles. The zero-order valence-electron chi connectivity index (χ0n) is 10.1. The van der Waals surface area contributed by atoms with Crippen molar-refractivity contribution in [2.24, 2.45) is 7.05 Å². The summed E-state index contributed by atoms with van der Waals surface area (Å²) in [6, 6.07) is 1.99. The number of rotatable bonds is 2. The van der Waals surface area contributed by atoms with Crippen LogP contribution >= 0.6 is 0 Å². The Morgan fingerprint density at radius 3 is 3.00 bits per heavy atom. The van der Waals surface area contributed by atoms with Crippen LogP contribution in [0.15, 0.2) is 6.07 Å². The van der Waals surface area contributed by atoms with Gasteiger partial charge in [0.1, 0.15) is 5.67 Å². The Morgan fingerprint density at radius 2 is 2.31 bits per heavy atom. The maximum atomic E-state index is 14.6. The minimum Gasteiger partial charge on any atom is -0.317 e.